The van der Waals surface area contributed by atoms with Crippen molar-refractivity contribution in [1.82, 2.24) is 24.7 Å². The first-order valence-electron chi connectivity index (χ1n) is 6.03. The summed E-state index contributed by atoms with van der Waals surface area (Å²) in [7, 11) is 0. The summed E-state index contributed by atoms with van der Waals surface area (Å²) >= 11 is 1.52. The molecular weight excluding hydrogens is 274 g/mol. The van der Waals surface area contributed by atoms with Gasteiger partial charge in [0.25, 0.3) is 5.56 Å². The summed E-state index contributed by atoms with van der Waals surface area (Å²) in [5.41, 5.74) is 1.27. The van der Waals surface area contributed by atoms with Crippen LogP contribution in [0.15, 0.2) is 35.3 Å². The van der Waals surface area contributed by atoms with E-state index in [4.69, 9.17) is 0 Å². The lowest BCUT2D eigenvalue weighted by Gasteiger charge is -1.97. The van der Waals surface area contributed by atoms with Gasteiger partial charge < -0.3 is 4.98 Å². The second-order valence-electron chi connectivity index (χ2n) is 4.41. The van der Waals surface area contributed by atoms with Crippen LogP contribution in [0.2, 0.25) is 0 Å². The van der Waals surface area contributed by atoms with Crippen LogP contribution in [-0.4, -0.2) is 24.7 Å². The SMILES string of the molecule is Cc1nc2c(cnn2-c2nc3ccccc3s2)c(=O)[nH]1. The molecule has 0 aliphatic carbocycles. The van der Waals surface area contributed by atoms with E-state index in [-0.39, 0.29) is 5.56 Å². The number of H-pyrrole nitrogens is 1. The maximum atomic E-state index is 11.9. The van der Waals surface area contributed by atoms with Crippen LogP contribution in [0.1, 0.15) is 5.82 Å². The summed E-state index contributed by atoms with van der Waals surface area (Å²) in [6, 6.07) is 7.87. The van der Waals surface area contributed by atoms with Crippen LogP contribution < -0.4 is 5.56 Å². The van der Waals surface area contributed by atoms with Crippen LogP contribution in [0.4, 0.5) is 0 Å². The zero-order valence-electron chi connectivity index (χ0n) is 10.5. The summed E-state index contributed by atoms with van der Waals surface area (Å²) in [5, 5.41) is 5.42. The van der Waals surface area contributed by atoms with Gasteiger partial charge in [0.15, 0.2) is 5.65 Å². The fourth-order valence-corrected chi connectivity index (χ4v) is 3.04. The summed E-state index contributed by atoms with van der Waals surface area (Å²) in [4.78, 5) is 23.4. The molecular formula is C13H9N5OS. The summed E-state index contributed by atoms with van der Waals surface area (Å²) < 4.78 is 2.69. The second-order valence-corrected chi connectivity index (χ2v) is 5.42. The number of thiazole rings is 1. The molecule has 4 rings (SSSR count). The van der Waals surface area contributed by atoms with Gasteiger partial charge in [0.1, 0.15) is 11.2 Å². The summed E-state index contributed by atoms with van der Waals surface area (Å²) in [5.74, 6) is 0.561. The minimum atomic E-state index is -0.181. The predicted octanol–water partition coefficient (Wildman–Crippen LogP) is 2.03. The fraction of sp³-hybridized carbons (Fsp3) is 0.0769. The Morgan fingerprint density at radius 2 is 2.10 bits per heavy atom. The van der Waals surface area contributed by atoms with Gasteiger partial charge in [-0.15, -0.1) is 0 Å². The van der Waals surface area contributed by atoms with Gasteiger partial charge in [0.2, 0.25) is 5.13 Å². The Kier molecular flexibility index (Phi) is 2.25. The standard InChI is InChI=1S/C13H9N5OS/c1-7-15-11-8(12(19)16-7)6-14-18(11)13-17-9-4-2-3-5-10(9)20-13/h2-6H,1H3,(H,15,16,19). The van der Waals surface area contributed by atoms with Gasteiger partial charge in [0.05, 0.1) is 16.4 Å². The number of aryl methyl sites for hydroxylation is 1. The third kappa shape index (κ3) is 1.56. The Labute approximate surface area is 116 Å². The van der Waals surface area contributed by atoms with Crippen molar-refractivity contribution in [3.63, 3.8) is 0 Å². The van der Waals surface area contributed by atoms with Crippen molar-refractivity contribution in [3.8, 4) is 5.13 Å². The lowest BCUT2D eigenvalue weighted by Crippen LogP contribution is -2.09. The molecule has 0 fully saturated rings. The highest BCUT2D eigenvalue weighted by Crippen LogP contribution is 2.25. The van der Waals surface area contributed by atoms with E-state index in [0.29, 0.717) is 22.0 Å². The van der Waals surface area contributed by atoms with Crippen LogP contribution in [0.5, 0.6) is 0 Å². The van der Waals surface area contributed by atoms with Gasteiger partial charge in [-0.25, -0.2) is 9.97 Å². The number of aromatic nitrogens is 5. The number of hydrogen-bond acceptors (Lipinski definition) is 5. The van der Waals surface area contributed by atoms with E-state index in [0.717, 1.165) is 10.2 Å². The van der Waals surface area contributed by atoms with Gasteiger partial charge in [-0.05, 0) is 19.1 Å². The smallest absolute Gasteiger partial charge is 0.262 e. The van der Waals surface area contributed by atoms with E-state index in [1.807, 2.05) is 24.3 Å². The molecule has 1 N–H and O–H groups in total. The van der Waals surface area contributed by atoms with Crippen LogP contribution in [0, 0.1) is 6.92 Å². The van der Waals surface area contributed by atoms with Crippen LogP contribution >= 0.6 is 11.3 Å². The van der Waals surface area contributed by atoms with E-state index in [9.17, 15) is 4.79 Å². The first-order valence-corrected chi connectivity index (χ1v) is 6.84. The predicted molar refractivity (Wildman–Crippen MR) is 77.4 cm³/mol. The third-order valence-corrected chi connectivity index (χ3v) is 4.03. The van der Waals surface area contributed by atoms with Crippen molar-refractivity contribution >= 4 is 32.6 Å². The Balaban J connectivity index is 2.04. The van der Waals surface area contributed by atoms with Crippen LogP contribution in [0.3, 0.4) is 0 Å². The minimum absolute atomic E-state index is 0.181. The molecule has 0 spiro atoms. The number of hydrogen-bond donors (Lipinski definition) is 1. The number of nitrogens with one attached hydrogen (secondary N) is 1. The van der Waals surface area contributed by atoms with E-state index >= 15 is 0 Å². The molecule has 0 unspecified atom stereocenters. The van der Waals surface area contributed by atoms with Crippen LogP contribution in [0.25, 0.3) is 26.4 Å². The molecule has 0 atom stereocenters. The zero-order chi connectivity index (χ0) is 13.7. The average molecular weight is 283 g/mol. The lowest BCUT2D eigenvalue weighted by molar-refractivity contribution is 0.881. The fourth-order valence-electron chi connectivity index (χ4n) is 2.12. The summed E-state index contributed by atoms with van der Waals surface area (Å²) in [6.45, 7) is 1.75. The van der Waals surface area contributed by atoms with Crippen LogP contribution in [-0.2, 0) is 0 Å². The molecule has 6 nitrogen and oxygen atoms in total. The lowest BCUT2D eigenvalue weighted by atomic mass is 10.3. The van der Waals surface area contributed by atoms with Gasteiger partial charge in [-0.2, -0.15) is 9.78 Å². The van der Waals surface area contributed by atoms with E-state index in [1.165, 1.54) is 17.5 Å². The highest BCUT2D eigenvalue weighted by molar-refractivity contribution is 7.20. The van der Waals surface area contributed by atoms with Crippen molar-refractivity contribution in [2.75, 3.05) is 0 Å². The monoisotopic (exact) mass is 283 g/mol. The first-order chi connectivity index (χ1) is 9.72. The molecule has 0 bridgehead atoms. The quantitative estimate of drug-likeness (QED) is 0.580. The molecule has 4 aromatic rings. The number of aromatic amines is 1. The Hall–Kier alpha value is -2.54. The molecule has 7 heteroatoms. The van der Waals surface area contributed by atoms with Gasteiger partial charge in [0, 0.05) is 0 Å². The Morgan fingerprint density at radius 1 is 1.25 bits per heavy atom. The molecule has 20 heavy (non-hydrogen) atoms. The maximum absolute atomic E-state index is 11.9. The molecule has 0 aliphatic heterocycles. The molecule has 0 radical (unpaired) electrons. The van der Waals surface area contributed by atoms with Gasteiger partial charge in [-0.1, -0.05) is 23.5 Å². The van der Waals surface area contributed by atoms with Crippen molar-refractivity contribution in [2.45, 2.75) is 6.92 Å². The van der Waals surface area contributed by atoms with Gasteiger partial charge >= 0.3 is 0 Å². The number of fused-ring (bicyclic) bond motifs is 2. The summed E-state index contributed by atoms with van der Waals surface area (Å²) in [6.07, 6.45) is 1.52. The number of benzene rings is 1. The molecule has 0 aliphatic rings. The van der Waals surface area contributed by atoms with Crippen molar-refractivity contribution < 1.29 is 0 Å². The molecule has 3 heterocycles. The van der Waals surface area contributed by atoms with E-state index in [2.05, 4.69) is 20.1 Å². The van der Waals surface area contributed by atoms with Crippen molar-refractivity contribution in [1.29, 1.82) is 0 Å². The highest BCUT2D eigenvalue weighted by Gasteiger charge is 2.13. The molecule has 0 saturated carbocycles. The van der Waals surface area contributed by atoms with E-state index in [1.54, 1.807) is 11.6 Å². The maximum Gasteiger partial charge on any atom is 0.262 e. The van der Waals surface area contributed by atoms with Crippen molar-refractivity contribution in [2.24, 2.45) is 0 Å². The molecule has 3 aromatic heterocycles. The van der Waals surface area contributed by atoms with Gasteiger partial charge in [-0.3, -0.25) is 4.79 Å². The highest BCUT2D eigenvalue weighted by atomic mass is 32.1. The third-order valence-electron chi connectivity index (χ3n) is 3.02. The Morgan fingerprint density at radius 3 is 2.95 bits per heavy atom. The largest absolute Gasteiger partial charge is 0.310 e. The Bertz CT molecular complexity index is 964. The minimum Gasteiger partial charge on any atom is -0.310 e. The normalized spacial score (nSPS) is 11.4. The zero-order valence-corrected chi connectivity index (χ0v) is 11.3. The number of para-hydroxylation sites is 1. The second kappa shape index (κ2) is 3.97. The molecule has 1 aromatic carbocycles. The number of nitrogens with zero attached hydrogens (tertiary/aromatic N) is 4. The van der Waals surface area contributed by atoms with E-state index < -0.39 is 0 Å². The first kappa shape index (κ1) is 11.3. The molecule has 0 saturated heterocycles. The van der Waals surface area contributed by atoms with Crippen molar-refractivity contribution in [3.05, 3.63) is 46.6 Å². The molecule has 98 valence electrons. The average Bonchev–Trinajstić information content (AvgIpc) is 3.00. The number of rotatable bonds is 1. The topological polar surface area (TPSA) is 76.5 Å². The molecule has 0 amide bonds.